The Hall–Kier alpha value is -2.72. The van der Waals surface area contributed by atoms with Gasteiger partial charge in [-0.05, 0) is 49.1 Å². The summed E-state index contributed by atoms with van der Waals surface area (Å²) >= 11 is 0. The smallest absolute Gasteiger partial charge is 0.258 e. The third kappa shape index (κ3) is 6.13. The fourth-order valence-corrected chi connectivity index (χ4v) is 3.77. The molecule has 1 N–H and O–H groups in total. The molecular formula is C19H19F3N2O4S. The zero-order chi connectivity index (χ0) is 21.7. The van der Waals surface area contributed by atoms with Gasteiger partial charge in [-0.2, -0.15) is 13.2 Å². The number of hydrogen-bond acceptors (Lipinski definition) is 4. The quantitative estimate of drug-likeness (QED) is 0.372. The maximum Gasteiger partial charge on any atom is 0.416 e. The molecular weight excluding hydrogens is 409 g/mol. The van der Waals surface area contributed by atoms with Crippen molar-refractivity contribution in [2.75, 3.05) is 6.54 Å². The first kappa shape index (κ1) is 22.6. The zero-order valence-electron chi connectivity index (χ0n) is 15.4. The highest BCUT2D eigenvalue weighted by molar-refractivity contribution is 7.89. The molecule has 0 atom stereocenters. The van der Waals surface area contributed by atoms with E-state index in [1.54, 1.807) is 13.0 Å². The summed E-state index contributed by atoms with van der Waals surface area (Å²) in [5.74, 6) is 0. The number of nitro groups is 1. The van der Waals surface area contributed by atoms with Crippen LogP contribution in [0.4, 0.5) is 18.9 Å². The molecule has 0 aromatic heterocycles. The van der Waals surface area contributed by atoms with Crippen molar-refractivity contribution in [3.8, 4) is 0 Å². The fraction of sp³-hybridized carbons (Fsp3) is 0.263. The molecule has 10 heteroatoms. The van der Waals surface area contributed by atoms with E-state index in [-0.39, 0.29) is 17.1 Å². The van der Waals surface area contributed by atoms with Gasteiger partial charge in [0.05, 0.1) is 15.4 Å². The van der Waals surface area contributed by atoms with Crippen LogP contribution in [0.1, 0.15) is 30.9 Å². The minimum absolute atomic E-state index is 0.0724. The molecule has 6 nitrogen and oxygen atoms in total. The third-order valence-corrected chi connectivity index (χ3v) is 5.64. The molecule has 0 radical (unpaired) electrons. The maximum atomic E-state index is 12.7. The lowest BCUT2D eigenvalue weighted by atomic mass is 9.99. The SMILES string of the molecule is C/C=C(/CCCNS(=O)(=O)c1cccc([N+](=O)[O-])c1)c1ccc(C(F)(F)F)cc1. The number of nitrogens with one attached hydrogen (secondary N) is 1. The molecule has 0 heterocycles. The lowest BCUT2D eigenvalue weighted by Crippen LogP contribution is -2.24. The molecule has 156 valence electrons. The van der Waals surface area contributed by atoms with Crippen molar-refractivity contribution in [3.05, 3.63) is 75.8 Å². The van der Waals surface area contributed by atoms with Crippen molar-refractivity contribution < 1.29 is 26.5 Å². The Morgan fingerprint density at radius 3 is 2.38 bits per heavy atom. The first-order valence-corrected chi connectivity index (χ1v) is 10.1. The standard InChI is InChI=1S/C19H19F3N2O4S/c1-2-14(15-8-10-16(11-9-15)19(20,21)22)5-4-12-23-29(27,28)18-7-3-6-17(13-18)24(25)26/h2-3,6-11,13,23H,4-5,12H2,1H3/b14-2-. The highest BCUT2D eigenvalue weighted by Gasteiger charge is 2.30. The van der Waals surface area contributed by atoms with Crippen LogP contribution in [0.25, 0.3) is 5.57 Å². The van der Waals surface area contributed by atoms with Crippen LogP contribution in [-0.4, -0.2) is 19.9 Å². The van der Waals surface area contributed by atoms with Crippen LogP contribution >= 0.6 is 0 Å². The van der Waals surface area contributed by atoms with Crippen molar-refractivity contribution in [1.29, 1.82) is 0 Å². The number of halogens is 3. The Morgan fingerprint density at radius 1 is 1.17 bits per heavy atom. The van der Waals surface area contributed by atoms with Crippen molar-refractivity contribution in [2.24, 2.45) is 0 Å². The molecule has 0 saturated carbocycles. The predicted octanol–water partition coefficient (Wildman–Crippen LogP) is 4.78. The second-order valence-electron chi connectivity index (χ2n) is 6.14. The normalized spacial score (nSPS) is 12.8. The van der Waals surface area contributed by atoms with Crippen LogP contribution in [0.5, 0.6) is 0 Å². The van der Waals surface area contributed by atoms with Crippen LogP contribution in [0.2, 0.25) is 0 Å². The molecule has 0 unspecified atom stereocenters. The number of benzene rings is 2. The molecule has 0 amide bonds. The largest absolute Gasteiger partial charge is 0.416 e. The molecule has 2 aromatic rings. The average Bonchev–Trinajstić information content (AvgIpc) is 2.67. The molecule has 29 heavy (non-hydrogen) atoms. The van der Waals surface area contributed by atoms with Crippen LogP contribution in [0, 0.1) is 10.1 Å². The highest BCUT2D eigenvalue weighted by Crippen LogP contribution is 2.30. The number of allylic oxidation sites excluding steroid dienone is 2. The molecule has 0 aliphatic heterocycles. The van der Waals surface area contributed by atoms with Crippen LogP contribution < -0.4 is 4.72 Å². The molecule has 2 rings (SSSR count). The van der Waals surface area contributed by atoms with Crippen molar-refractivity contribution in [1.82, 2.24) is 4.72 Å². The highest BCUT2D eigenvalue weighted by atomic mass is 32.2. The number of nitrogens with zero attached hydrogens (tertiary/aromatic N) is 1. The topological polar surface area (TPSA) is 89.3 Å². The summed E-state index contributed by atoms with van der Waals surface area (Å²) in [5, 5.41) is 10.8. The number of sulfonamides is 1. The van der Waals surface area contributed by atoms with Gasteiger partial charge < -0.3 is 0 Å². The first-order chi connectivity index (χ1) is 13.5. The fourth-order valence-electron chi connectivity index (χ4n) is 2.66. The second kappa shape index (κ2) is 9.19. The van der Waals surface area contributed by atoms with Gasteiger partial charge in [-0.1, -0.05) is 24.3 Å². The molecule has 0 aliphatic carbocycles. The Morgan fingerprint density at radius 2 is 1.83 bits per heavy atom. The van der Waals surface area contributed by atoms with Gasteiger partial charge in [-0.3, -0.25) is 10.1 Å². The Labute approximate surface area is 166 Å². The number of non-ortho nitro benzene ring substituents is 1. The monoisotopic (exact) mass is 428 g/mol. The average molecular weight is 428 g/mol. The summed E-state index contributed by atoms with van der Waals surface area (Å²) in [6, 6.07) is 9.48. The number of nitro benzene ring substituents is 1. The molecule has 2 aromatic carbocycles. The van der Waals surface area contributed by atoms with Crippen molar-refractivity contribution in [3.63, 3.8) is 0 Å². The van der Waals surface area contributed by atoms with Crippen molar-refractivity contribution in [2.45, 2.75) is 30.8 Å². The first-order valence-electron chi connectivity index (χ1n) is 8.61. The van der Waals surface area contributed by atoms with Gasteiger partial charge in [-0.25, -0.2) is 13.1 Å². The van der Waals surface area contributed by atoms with Gasteiger partial charge in [0.2, 0.25) is 10.0 Å². The van der Waals surface area contributed by atoms with E-state index in [4.69, 9.17) is 0 Å². The van der Waals surface area contributed by atoms with E-state index in [0.29, 0.717) is 18.4 Å². The number of hydrogen-bond donors (Lipinski definition) is 1. The maximum absolute atomic E-state index is 12.7. The number of rotatable bonds is 8. The van der Waals surface area contributed by atoms with Gasteiger partial charge >= 0.3 is 6.18 Å². The van der Waals surface area contributed by atoms with Gasteiger partial charge in [0.25, 0.3) is 5.69 Å². The summed E-state index contributed by atoms with van der Waals surface area (Å²) in [6.07, 6.45) is -1.80. The zero-order valence-corrected chi connectivity index (χ0v) is 16.3. The third-order valence-electron chi connectivity index (χ3n) is 4.19. The number of alkyl halides is 3. The van der Waals surface area contributed by atoms with Crippen LogP contribution in [-0.2, 0) is 16.2 Å². The summed E-state index contributed by atoms with van der Waals surface area (Å²) in [5.41, 5.74) is 0.350. The van der Waals surface area contributed by atoms with E-state index < -0.39 is 26.7 Å². The van der Waals surface area contributed by atoms with E-state index in [9.17, 15) is 31.7 Å². The van der Waals surface area contributed by atoms with E-state index in [1.807, 2.05) is 0 Å². The molecule has 0 aliphatic rings. The lowest BCUT2D eigenvalue weighted by molar-refractivity contribution is -0.385. The van der Waals surface area contributed by atoms with Crippen LogP contribution in [0.3, 0.4) is 0 Å². The predicted molar refractivity (Wildman–Crippen MR) is 103 cm³/mol. The summed E-state index contributed by atoms with van der Waals surface area (Å²) in [4.78, 5) is 9.89. The van der Waals surface area contributed by atoms with E-state index in [2.05, 4.69) is 4.72 Å². The molecule has 0 spiro atoms. The van der Waals surface area contributed by atoms with Crippen molar-refractivity contribution >= 4 is 21.3 Å². The van der Waals surface area contributed by atoms with E-state index in [1.165, 1.54) is 30.3 Å². The summed E-state index contributed by atoms with van der Waals surface area (Å²) in [7, 11) is -3.91. The minimum Gasteiger partial charge on any atom is -0.258 e. The molecule has 0 fully saturated rings. The van der Waals surface area contributed by atoms with Gasteiger partial charge in [0.15, 0.2) is 0 Å². The Balaban J connectivity index is 1.96. The molecule has 0 saturated heterocycles. The minimum atomic E-state index is -4.40. The van der Waals surface area contributed by atoms with Gasteiger partial charge in [0.1, 0.15) is 0 Å². The van der Waals surface area contributed by atoms with Gasteiger partial charge in [0, 0.05) is 18.7 Å². The second-order valence-corrected chi connectivity index (χ2v) is 7.91. The van der Waals surface area contributed by atoms with Crippen LogP contribution in [0.15, 0.2) is 59.5 Å². The molecule has 0 bridgehead atoms. The lowest BCUT2D eigenvalue weighted by Gasteiger charge is -2.11. The summed E-state index contributed by atoms with van der Waals surface area (Å²) < 4.78 is 64.9. The Bertz CT molecular complexity index is 1000. The van der Waals surface area contributed by atoms with Gasteiger partial charge in [-0.15, -0.1) is 0 Å². The van der Waals surface area contributed by atoms with E-state index >= 15 is 0 Å². The van der Waals surface area contributed by atoms with E-state index in [0.717, 1.165) is 23.8 Å². The Kier molecular flexibility index (Phi) is 7.15. The summed E-state index contributed by atoms with van der Waals surface area (Å²) in [6.45, 7) is 1.82.